The molecule has 0 fully saturated rings. The lowest BCUT2D eigenvalue weighted by Gasteiger charge is -2.10. The van der Waals surface area contributed by atoms with Crippen LogP contribution in [0.2, 0.25) is 0 Å². The molecule has 0 radical (unpaired) electrons. The van der Waals surface area contributed by atoms with E-state index in [1.807, 2.05) is 0 Å². The Morgan fingerprint density at radius 2 is 1.90 bits per heavy atom. The molecule has 1 rings (SSSR count). The molecular weight excluding hydrogens is 337 g/mol. The van der Waals surface area contributed by atoms with E-state index in [0.717, 1.165) is 12.1 Å². The van der Waals surface area contributed by atoms with Crippen LogP contribution in [0.3, 0.4) is 0 Å². The van der Waals surface area contributed by atoms with Crippen molar-refractivity contribution in [1.29, 1.82) is 0 Å². The van der Waals surface area contributed by atoms with Crippen molar-refractivity contribution in [2.24, 2.45) is 0 Å². The maximum absolute atomic E-state index is 13.6. The van der Waals surface area contributed by atoms with E-state index in [1.54, 1.807) is 13.8 Å². The van der Waals surface area contributed by atoms with Crippen LogP contribution < -0.4 is 10.1 Å². The zero-order valence-electron chi connectivity index (χ0n) is 10.9. The number of amides is 1. The van der Waals surface area contributed by atoms with E-state index in [-0.39, 0.29) is 29.1 Å². The summed E-state index contributed by atoms with van der Waals surface area (Å²) in [4.78, 5) is 22.5. The van der Waals surface area contributed by atoms with Crippen molar-refractivity contribution in [3.8, 4) is 5.75 Å². The van der Waals surface area contributed by atoms with E-state index >= 15 is 0 Å². The summed E-state index contributed by atoms with van der Waals surface area (Å²) in [6, 6.07) is 2.20. The van der Waals surface area contributed by atoms with Crippen LogP contribution in [0.5, 0.6) is 5.75 Å². The average Bonchev–Trinajstić information content (AvgIpc) is 2.35. The SMILES string of the molecule is CCOC(=O)Nc1cc(OC(=O)OCC)c(Br)cc1F. The predicted molar refractivity (Wildman–Crippen MR) is 72.4 cm³/mol. The Kier molecular flexibility index (Phi) is 6.23. The summed E-state index contributed by atoms with van der Waals surface area (Å²) in [5.74, 6) is -0.696. The molecule has 110 valence electrons. The van der Waals surface area contributed by atoms with E-state index in [1.165, 1.54) is 0 Å². The number of benzene rings is 1. The lowest BCUT2D eigenvalue weighted by Crippen LogP contribution is -2.15. The van der Waals surface area contributed by atoms with Crippen LogP contribution in [0, 0.1) is 5.82 Å². The van der Waals surface area contributed by atoms with Gasteiger partial charge in [0.2, 0.25) is 0 Å². The lowest BCUT2D eigenvalue weighted by molar-refractivity contribution is 0.104. The second-order valence-corrected chi connectivity index (χ2v) is 4.25. The molecule has 0 unspecified atom stereocenters. The highest BCUT2D eigenvalue weighted by atomic mass is 79.9. The van der Waals surface area contributed by atoms with Gasteiger partial charge in [0.05, 0.1) is 23.4 Å². The molecule has 1 aromatic rings. The Bertz CT molecular complexity index is 468. The van der Waals surface area contributed by atoms with Gasteiger partial charge in [-0.15, -0.1) is 0 Å². The maximum atomic E-state index is 13.6. The Morgan fingerprint density at radius 3 is 2.50 bits per heavy atom. The minimum atomic E-state index is -0.929. The fourth-order valence-corrected chi connectivity index (χ4v) is 1.61. The molecule has 0 spiro atoms. The molecule has 20 heavy (non-hydrogen) atoms. The van der Waals surface area contributed by atoms with Gasteiger partial charge in [-0.3, -0.25) is 5.32 Å². The number of carbonyl (C=O) groups excluding carboxylic acids is 2. The monoisotopic (exact) mass is 349 g/mol. The zero-order chi connectivity index (χ0) is 15.1. The summed E-state index contributed by atoms with van der Waals surface area (Å²) in [5, 5.41) is 2.19. The highest BCUT2D eigenvalue weighted by Gasteiger charge is 2.15. The van der Waals surface area contributed by atoms with Crippen LogP contribution in [0.4, 0.5) is 19.7 Å². The average molecular weight is 350 g/mol. The van der Waals surface area contributed by atoms with E-state index in [2.05, 4.69) is 30.7 Å². The van der Waals surface area contributed by atoms with Gasteiger partial charge in [0, 0.05) is 6.07 Å². The molecule has 8 heteroatoms. The van der Waals surface area contributed by atoms with Crippen LogP contribution in [0.15, 0.2) is 16.6 Å². The fourth-order valence-electron chi connectivity index (χ4n) is 1.22. The minimum absolute atomic E-state index is 0.0108. The predicted octanol–water partition coefficient (Wildman–Crippen LogP) is 3.69. The van der Waals surface area contributed by atoms with Gasteiger partial charge in [-0.05, 0) is 35.8 Å². The number of carbonyl (C=O) groups is 2. The van der Waals surface area contributed by atoms with Gasteiger partial charge in [0.15, 0.2) is 5.75 Å². The molecule has 0 atom stereocenters. The van der Waals surface area contributed by atoms with Crippen molar-refractivity contribution in [3.63, 3.8) is 0 Å². The van der Waals surface area contributed by atoms with E-state index < -0.39 is 18.1 Å². The molecule has 0 aromatic heterocycles. The first-order chi connectivity index (χ1) is 9.47. The zero-order valence-corrected chi connectivity index (χ0v) is 12.5. The molecular formula is C12H13BrFNO5. The summed E-state index contributed by atoms with van der Waals surface area (Å²) in [6.45, 7) is 3.53. The molecule has 0 aliphatic carbocycles. The van der Waals surface area contributed by atoms with Crippen LogP contribution in [-0.2, 0) is 9.47 Å². The number of hydrogen-bond acceptors (Lipinski definition) is 5. The molecule has 0 aliphatic heterocycles. The topological polar surface area (TPSA) is 73.9 Å². The summed E-state index contributed by atoms with van der Waals surface area (Å²) in [6.07, 6.45) is -1.74. The second kappa shape index (κ2) is 7.68. The van der Waals surface area contributed by atoms with Crippen molar-refractivity contribution in [1.82, 2.24) is 0 Å². The Balaban J connectivity index is 2.91. The van der Waals surface area contributed by atoms with E-state index in [9.17, 15) is 14.0 Å². The van der Waals surface area contributed by atoms with Gasteiger partial charge in [-0.25, -0.2) is 14.0 Å². The van der Waals surface area contributed by atoms with Crippen molar-refractivity contribution in [2.75, 3.05) is 18.5 Å². The Hall–Kier alpha value is -1.83. The molecule has 1 amide bonds. The van der Waals surface area contributed by atoms with Gasteiger partial charge in [0.25, 0.3) is 0 Å². The lowest BCUT2D eigenvalue weighted by atomic mass is 10.3. The summed E-state index contributed by atoms with van der Waals surface area (Å²) in [5.41, 5.74) is -0.175. The Morgan fingerprint density at radius 1 is 1.25 bits per heavy atom. The normalized spacial score (nSPS) is 9.80. The van der Waals surface area contributed by atoms with Crippen LogP contribution in [-0.4, -0.2) is 25.5 Å². The number of ether oxygens (including phenoxy) is 3. The number of anilines is 1. The minimum Gasteiger partial charge on any atom is -0.450 e. The first-order valence-electron chi connectivity index (χ1n) is 5.75. The van der Waals surface area contributed by atoms with Gasteiger partial charge < -0.3 is 14.2 Å². The summed E-state index contributed by atoms with van der Waals surface area (Å²) in [7, 11) is 0. The van der Waals surface area contributed by atoms with Gasteiger partial charge >= 0.3 is 12.2 Å². The first kappa shape index (κ1) is 16.2. The molecule has 0 bridgehead atoms. The maximum Gasteiger partial charge on any atom is 0.513 e. The van der Waals surface area contributed by atoms with Crippen molar-refractivity contribution < 1.29 is 28.2 Å². The summed E-state index contributed by atoms with van der Waals surface area (Å²) < 4.78 is 27.9. The van der Waals surface area contributed by atoms with Crippen LogP contribution in [0.25, 0.3) is 0 Å². The van der Waals surface area contributed by atoms with E-state index in [4.69, 9.17) is 4.74 Å². The van der Waals surface area contributed by atoms with Crippen molar-refractivity contribution >= 4 is 33.9 Å². The van der Waals surface area contributed by atoms with Gasteiger partial charge in [-0.1, -0.05) is 0 Å². The third-order valence-corrected chi connectivity index (χ3v) is 2.61. The number of halogens is 2. The number of hydrogen-bond donors (Lipinski definition) is 1. The van der Waals surface area contributed by atoms with E-state index in [0.29, 0.717) is 0 Å². The van der Waals surface area contributed by atoms with Crippen LogP contribution >= 0.6 is 15.9 Å². The second-order valence-electron chi connectivity index (χ2n) is 3.39. The molecule has 0 heterocycles. The van der Waals surface area contributed by atoms with Gasteiger partial charge in [-0.2, -0.15) is 0 Å². The first-order valence-corrected chi connectivity index (χ1v) is 6.54. The molecule has 0 saturated heterocycles. The van der Waals surface area contributed by atoms with Gasteiger partial charge in [0.1, 0.15) is 5.82 Å². The molecule has 1 aromatic carbocycles. The highest BCUT2D eigenvalue weighted by molar-refractivity contribution is 9.10. The molecule has 0 saturated carbocycles. The standard InChI is InChI=1S/C12H13BrFNO5/c1-3-18-11(16)15-9-6-10(7(13)5-8(9)14)20-12(17)19-4-2/h5-6H,3-4H2,1-2H3,(H,15,16). The Labute approximate surface area is 123 Å². The van der Waals surface area contributed by atoms with Crippen molar-refractivity contribution in [2.45, 2.75) is 13.8 Å². The third kappa shape index (κ3) is 4.69. The van der Waals surface area contributed by atoms with Crippen LogP contribution in [0.1, 0.15) is 13.8 Å². The third-order valence-electron chi connectivity index (χ3n) is 1.99. The van der Waals surface area contributed by atoms with Crippen molar-refractivity contribution in [3.05, 3.63) is 22.4 Å². The number of rotatable bonds is 4. The molecule has 1 N–H and O–H groups in total. The molecule has 0 aliphatic rings. The number of nitrogens with one attached hydrogen (secondary N) is 1. The largest absolute Gasteiger partial charge is 0.513 e. The quantitative estimate of drug-likeness (QED) is 0.662. The summed E-state index contributed by atoms with van der Waals surface area (Å²) >= 11 is 3.04. The fraction of sp³-hybridized carbons (Fsp3) is 0.333. The highest BCUT2D eigenvalue weighted by Crippen LogP contribution is 2.31. The smallest absolute Gasteiger partial charge is 0.450 e. The molecule has 6 nitrogen and oxygen atoms in total.